The Hall–Kier alpha value is -4.44. The Morgan fingerprint density at radius 3 is 1.94 bits per heavy atom. The fourth-order valence-electron chi connectivity index (χ4n) is 2.84. The first kappa shape index (κ1) is 23.2. The first-order chi connectivity index (χ1) is 15.6. The molecule has 168 valence electrons. The first-order valence-corrected chi connectivity index (χ1v) is 11.1. The van der Waals surface area contributed by atoms with E-state index in [4.69, 9.17) is 11.5 Å². The van der Waals surface area contributed by atoms with E-state index in [2.05, 4.69) is 10.0 Å². The molecule has 33 heavy (non-hydrogen) atoms. The molecule has 0 atom stereocenters. The van der Waals surface area contributed by atoms with Crippen molar-refractivity contribution in [2.45, 2.75) is 0 Å². The van der Waals surface area contributed by atoms with Crippen molar-refractivity contribution in [1.82, 2.24) is 0 Å². The second kappa shape index (κ2) is 9.79. The fraction of sp³-hybridized carbons (Fsp3) is 0. The van der Waals surface area contributed by atoms with Crippen LogP contribution in [0.1, 0.15) is 36.6 Å². The van der Waals surface area contributed by atoms with Gasteiger partial charge in [0.15, 0.2) is 0 Å². The van der Waals surface area contributed by atoms with Gasteiger partial charge in [-0.3, -0.25) is 19.1 Å². The molecule has 6 N–H and O–H groups in total. The lowest BCUT2D eigenvalue weighted by molar-refractivity contribution is 0.0994. The number of hydrogen-bond donors (Lipinski definition) is 4. The van der Waals surface area contributed by atoms with Crippen LogP contribution in [0.5, 0.6) is 0 Å². The average Bonchev–Trinajstić information content (AvgIpc) is 2.78. The molecule has 0 heterocycles. The van der Waals surface area contributed by atoms with Crippen molar-refractivity contribution in [1.29, 1.82) is 0 Å². The monoisotopic (exact) mass is 464 g/mol. The molecule has 0 radical (unpaired) electrons. The van der Waals surface area contributed by atoms with E-state index in [1.807, 2.05) is 6.07 Å². The van der Waals surface area contributed by atoms with Crippen molar-refractivity contribution in [2.75, 3.05) is 10.0 Å². The van der Waals surface area contributed by atoms with Gasteiger partial charge in [0, 0.05) is 28.1 Å². The summed E-state index contributed by atoms with van der Waals surface area (Å²) < 4.78 is 27.1. The smallest absolute Gasteiger partial charge is 0.255 e. The van der Waals surface area contributed by atoms with E-state index in [1.54, 1.807) is 24.3 Å². The first-order valence-electron chi connectivity index (χ1n) is 9.55. The molecule has 0 fully saturated rings. The molecule has 0 aliphatic heterocycles. The van der Waals surface area contributed by atoms with Crippen molar-refractivity contribution >= 4 is 45.2 Å². The van der Waals surface area contributed by atoms with Crippen LogP contribution in [-0.4, -0.2) is 26.1 Å². The van der Waals surface area contributed by atoms with Crippen LogP contribution in [0.25, 0.3) is 6.08 Å². The highest BCUT2D eigenvalue weighted by atomic mass is 32.2. The van der Waals surface area contributed by atoms with Crippen molar-refractivity contribution in [3.8, 4) is 0 Å². The maximum Gasteiger partial charge on any atom is 0.255 e. The molecule has 3 aromatic rings. The summed E-state index contributed by atoms with van der Waals surface area (Å²) in [5.41, 5.74) is 11.6. The molecule has 0 bridgehead atoms. The van der Waals surface area contributed by atoms with Gasteiger partial charge >= 0.3 is 0 Å². The molecular weight excluding hydrogens is 444 g/mol. The van der Waals surface area contributed by atoms with Crippen molar-refractivity contribution in [3.05, 3.63) is 100 Å². The van der Waals surface area contributed by atoms with Crippen molar-refractivity contribution in [2.24, 2.45) is 11.5 Å². The predicted molar refractivity (Wildman–Crippen MR) is 126 cm³/mol. The molecule has 9 nitrogen and oxygen atoms in total. The minimum atomic E-state index is -3.83. The lowest BCUT2D eigenvalue weighted by Crippen LogP contribution is -2.18. The highest BCUT2D eigenvalue weighted by Gasteiger charge is 2.13. The van der Waals surface area contributed by atoms with E-state index in [1.165, 1.54) is 48.5 Å². The topological polar surface area (TPSA) is 161 Å². The Morgan fingerprint density at radius 1 is 0.727 bits per heavy atom. The third-order valence-electron chi connectivity index (χ3n) is 4.38. The van der Waals surface area contributed by atoms with Crippen LogP contribution in [0.4, 0.5) is 11.4 Å². The lowest BCUT2D eigenvalue weighted by Gasteiger charge is -2.10. The number of anilines is 2. The number of primary amides is 2. The highest BCUT2D eigenvalue weighted by Crippen LogP contribution is 2.18. The van der Waals surface area contributed by atoms with E-state index < -0.39 is 27.7 Å². The summed E-state index contributed by atoms with van der Waals surface area (Å²) >= 11 is 0. The quantitative estimate of drug-likeness (QED) is 0.402. The second-order valence-corrected chi connectivity index (χ2v) is 8.49. The summed E-state index contributed by atoms with van der Waals surface area (Å²) in [7, 11) is -3.83. The predicted octanol–water partition coefficient (Wildman–Crippen LogP) is 2.55. The normalized spacial score (nSPS) is 11.2. The van der Waals surface area contributed by atoms with Gasteiger partial charge in [0.25, 0.3) is 15.9 Å². The molecule has 0 aromatic heterocycles. The molecule has 0 aliphatic carbocycles. The number of rotatable bonds is 8. The van der Waals surface area contributed by atoms with Crippen LogP contribution in [0.2, 0.25) is 0 Å². The molecule has 10 heteroatoms. The van der Waals surface area contributed by atoms with Crippen LogP contribution in [-0.2, 0) is 10.0 Å². The Bertz CT molecular complexity index is 1320. The molecule has 3 aromatic carbocycles. The summed E-state index contributed by atoms with van der Waals surface area (Å²) in [4.78, 5) is 35.7. The standard InChI is InChI=1S/C23H20N4O5S/c24-21(28)17-11-18(22(25)29)14-20(13-17)26-23(30)16-7-4-8-19(12-16)27-33(31,32)10-9-15-5-2-1-3-6-15/h1-14,27H,(H2,24,28)(H2,25,29)(H,26,30). The lowest BCUT2D eigenvalue weighted by atomic mass is 10.1. The third kappa shape index (κ3) is 6.52. The summed E-state index contributed by atoms with van der Waals surface area (Å²) in [5, 5.41) is 3.56. The number of carbonyl (C=O) groups is 3. The molecule has 0 unspecified atom stereocenters. The number of carbonyl (C=O) groups excluding carboxylic acids is 3. The summed E-state index contributed by atoms with van der Waals surface area (Å²) in [6.45, 7) is 0. The Labute approximate surface area is 190 Å². The maximum atomic E-state index is 12.7. The molecule has 3 amide bonds. The molecule has 0 saturated carbocycles. The van der Waals surface area contributed by atoms with Crippen LogP contribution >= 0.6 is 0 Å². The van der Waals surface area contributed by atoms with Crippen molar-refractivity contribution in [3.63, 3.8) is 0 Å². The van der Waals surface area contributed by atoms with Gasteiger partial charge in [-0.05, 0) is 48.0 Å². The minimum absolute atomic E-state index is 0.00619. The second-order valence-electron chi connectivity index (χ2n) is 6.92. The zero-order valence-electron chi connectivity index (χ0n) is 17.2. The number of nitrogens with two attached hydrogens (primary N) is 2. The summed E-state index contributed by atoms with van der Waals surface area (Å²) in [6.07, 6.45) is 1.45. The van der Waals surface area contributed by atoms with E-state index >= 15 is 0 Å². The van der Waals surface area contributed by atoms with Crippen LogP contribution in [0, 0.1) is 0 Å². The number of amides is 3. The third-order valence-corrected chi connectivity index (χ3v) is 5.40. The summed E-state index contributed by atoms with van der Waals surface area (Å²) in [6, 6.07) is 18.5. The zero-order chi connectivity index (χ0) is 24.0. The van der Waals surface area contributed by atoms with E-state index in [0.717, 1.165) is 5.41 Å². The van der Waals surface area contributed by atoms with Gasteiger partial charge in [0.05, 0.1) is 5.41 Å². The Balaban J connectivity index is 1.78. The Morgan fingerprint density at radius 2 is 1.33 bits per heavy atom. The van der Waals surface area contributed by atoms with Crippen LogP contribution in [0.15, 0.2) is 78.2 Å². The Kier molecular flexibility index (Phi) is 6.89. The van der Waals surface area contributed by atoms with E-state index in [0.29, 0.717) is 5.56 Å². The largest absolute Gasteiger partial charge is 0.366 e. The number of nitrogens with one attached hydrogen (secondary N) is 2. The number of hydrogen-bond acceptors (Lipinski definition) is 5. The molecule has 0 aliphatic rings. The van der Waals surface area contributed by atoms with Crippen molar-refractivity contribution < 1.29 is 22.8 Å². The highest BCUT2D eigenvalue weighted by molar-refractivity contribution is 7.95. The van der Waals surface area contributed by atoms with Crippen LogP contribution in [0.3, 0.4) is 0 Å². The number of benzene rings is 3. The van der Waals surface area contributed by atoms with Crippen LogP contribution < -0.4 is 21.5 Å². The van der Waals surface area contributed by atoms with Gasteiger partial charge in [-0.15, -0.1) is 0 Å². The van der Waals surface area contributed by atoms with Gasteiger partial charge in [0.1, 0.15) is 0 Å². The van der Waals surface area contributed by atoms with Gasteiger partial charge in [-0.2, -0.15) is 0 Å². The van der Waals surface area contributed by atoms with Gasteiger partial charge in [-0.1, -0.05) is 36.4 Å². The average molecular weight is 465 g/mol. The van der Waals surface area contributed by atoms with Gasteiger partial charge in [-0.25, -0.2) is 8.42 Å². The minimum Gasteiger partial charge on any atom is -0.366 e. The van der Waals surface area contributed by atoms with E-state index in [9.17, 15) is 22.8 Å². The molecule has 0 spiro atoms. The SMILES string of the molecule is NC(=O)c1cc(NC(=O)c2cccc(NS(=O)(=O)C=Cc3ccccc3)c2)cc(C(N)=O)c1. The van der Waals surface area contributed by atoms with E-state index in [-0.39, 0.29) is 28.1 Å². The molecule has 3 rings (SSSR count). The zero-order valence-corrected chi connectivity index (χ0v) is 18.0. The fourth-order valence-corrected chi connectivity index (χ4v) is 3.70. The molecule has 0 saturated heterocycles. The summed E-state index contributed by atoms with van der Waals surface area (Å²) in [5.74, 6) is -2.20. The van der Waals surface area contributed by atoms with Gasteiger partial charge in [0.2, 0.25) is 11.8 Å². The number of sulfonamides is 1. The molecular formula is C23H20N4O5S. The maximum absolute atomic E-state index is 12.7. The van der Waals surface area contributed by atoms with Gasteiger partial charge < -0.3 is 16.8 Å².